The van der Waals surface area contributed by atoms with Gasteiger partial charge in [0.1, 0.15) is 12.2 Å². The third kappa shape index (κ3) is 3.79. The van der Waals surface area contributed by atoms with Crippen LogP contribution in [-0.2, 0) is 13.1 Å². The van der Waals surface area contributed by atoms with Gasteiger partial charge < -0.3 is 15.2 Å². The Morgan fingerprint density at radius 1 is 1.04 bits per heavy atom. The average molecular weight is 308 g/mol. The van der Waals surface area contributed by atoms with Crippen molar-refractivity contribution in [3.05, 3.63) is 71.4 Å². The van der Waals surface area contributed by atoms with Crippen LogP contribution < -0.4 is 10.2 Å². The van der Waals surface area contributed by atoms with Crippen molar-refractivity contribution in [2.24, 2.45) is 0 Å². The SMILES string of the molecule is C[NH+](C)Cc1ccc(CNC(=O)c2cc3ccccc3[nH]2)cc1. The van der Waals surface area contributed by atoms with Gasteiger partial charge in [-0.2, -0.15) is 0 Å². The number of fused-ring (bicyclic) bond motifs is 1. The highest BCUT2D eigenvalue weighted by molar-refractivity contribution is 5.97. The lowest BCUT2D eigenvalue weighted by molar-refractivity contribution is -0.872. The van der Waals surface area contributed by atoms with Crippen molar-refractivity contribution in [1.82, 2.24) is 10.3 Å². The number of quaternary nitrogens is 1. The number of nitrogens with one attached hydrogen (secondary N) is 3. The van der Waals surface area contributed by atoms with E-state index >= 15 is 0 Å². The molecule has 3 N–H and O–H groups in total. The van der Waals surface area contributed by atoms with E-state index in [2.05, 4.69) is 48.7 Å². The Bertz CT molecular complexity index is 770. The fraction of sp³-hybridized carbons (Fsp3) is 0.211. The van der Waals surface area contributed by atoms with Gasteiger partial charge in [-0.05, 0) is 17.7 Å². The zero-order valence-electron chi connectivity index (χ0n) is 13.5. The number of aromatic nitrogens is 1. The summed E-state index contributed by atoms with van der Waals surface area (Å²) in [4.78, 5) is 16.8. The number of rotatable bonds is 5. The van der Waals surface area contributed by atoms with E-state index in [1.54, 1.807) is 0 Å². The molecule has 3 rings (SSSR count). The maximum atomic E-state index is 12.3. The molecule has 2 aromatic carbocycles. The van der Waals surface area contributed by atoms with Crippen LogP contribution >= 0.6 is 0 Å². The Morgan fingerprint density at radius 3 is 2.43 bits per heavy atom. The summed E-state index contributed by atoms with van der Waals surface area (Å²) >= 11 is 0. The molecule has 0 aliphatic heterocycles. The predicted molar refractivity (Wildman–Crippen MR) is 92.4 cm³/mol. The molecule has 0 spiro atoms. The van der Waals surface area contributed by atoms with Crippen LogP contribution in [0.1, 0.15) is 21.6 Å². The maximum Gasteiger partial charge on any atom is 0.267 e. The standard InChI is InChI=1S/C19H21N3O/c1-22(2)13-15-9-7-14(8-10-15)12-20-19(23)18-11-16-5-3-4-6-17(16)21-18/h3-11,21H,12-13H2,1-2H3,(H,20,23)/p+1. The van der Waals surface area contributed by atoms with Crippen LogP contribution in [-0.4, -0.2) is 25.0 Å². The van der Waals surface area contributed by atoms with E-state index in [9.17, 15) is 4.79 Å². The summed E-state index contributed by atoms with van der Waals surface area (Å²) in [5.74, 6) is -0.0805. The normalized spacial score (nSPS) is 11.1. The van der Waals surface area contributed by atoms with Gasteiger partial charge in [-0.1, -0.05) is 42.5 Å². The second kappa shape index (κ2) is 6.67. The van der Waals surface area contributed by atoms with Gasteiger partial charge in [0.2, 0.25) is 0 Å². The molecule has 23 heavy (non-hydrogen) atoms. The van der Waals surface area contributed by atoms with E-state index < -0.39 is 0 Å². The molecule has 0 aliphatic carbocycles. The molecule has 0 aliphatic rings. The fourth-order valence-corrected chi connectivity index (χ4v) is 2.66. The summed E-state index contributed by atoms with van der Waals surface area (Å²) in [6, 6.07) is 18.2. The van der Waals surface area contributed by atoms with E-state index in [0.29, 0.717) is 12.2 Å². The Hall–Kier alpha value is -2.59. The van der Waals surface area contributed by atoms with Crippen LogP contribution in [0.2, 0.25) is 0 Å². The zero-order valence-corrected chi connectivity index (χ0v) is 13.5. The number of aromatic amines is 1. The number of benzene rings is 2. The van der Waals surface area contributed by atoms with Crippen LogP contribution in [0.15, 0.2) is 54.6 Å². The molecule has 0 atom stereocenters. The first-order valence-corrected chi connectivity index (χ1v) is 7.84. The average Bonchev–Trinajstić information content (AvgIpc) is 2.97. The Kier molecular flexibility index (Phi) is 4.44. The second-order valence-electron chi connectivity index (χ2n) is 6.15. The smallest absolute Gasteiger partial charge is 0.267 e. The molecule has 0 saturated heterocycles. The van der Waals surface area contributed by atoms with Gasteiger partial charge in [-0.15, -0.1) is 0 Å². The minimum Gasteiger partial charge on any atom is -0.351 e. The first-order valence-electron chi connectivity index (χ1n) is 7.84. The molecule has 0 bridgehead atoms. The van der Waals surface area contributed by atoms with Crippen LogP contribution in [0.4, 0.5) is 0 Å². The fourth-order valence-electron chi connectivity index (χ4n) is 2.66. The van der Waals surface area contributed by atoms with Crippen molar-refractivity contribution >= 4 is 16.8 Å². The number of para-hydroxylation sites is 1. The van der Waals surface area contributed by atoms with Crippen LogP contribution in [0, 0.1) is 0 Å². The monoisotopic (exact) mass is 308 g/mol. The Labute approximate surface area is 136 Å². The molecule has 4 heteroatoms. The topological polar surface area (TPSA) is 49.3 Å². The van der Waals surface area contributed by atoms with Crippen molar-refractivity contribution in [2.75, 3.05) is 14.1 Å². The lowest BCUT2D eigenvalue weighted by Gasteiger charge is -2.08. The van der Waals surface area contributed by atoms with Crippen molar-refractivity contribution < 1.29 is 9.69 Å². The molecular formula is C19H22N3O+. The van der Waals surface area contributed by atoms with E-state index in [1.165, 1.54) is 10.5 Å². The quantitative estimate of drug-likeness (QED) is 0.661. The van der Waals surface area contributed by atoms with E-state index in [4.69, 9.17) is 0 Å². The largest absolute Gasteiger partial charge is 0.351 e. The van der Waals surface area contributed by atoms with Crippen molar-refractivity contribution in [2.45, 2.75) is 13.1 Å². The maximum absolute atomic E-state index is 12.3. The highest BCUT2D eigenvalue weighted by atomic mass is 16.1. The van der Waals surface area contributed by atoms with Gasteiger partial charge >= 0.3 is 0 Å². The number of amides is 1. The summed E-state index contributed by atoms with van der Waals surface area (Å²) in [7, 11) is 4.27. The second-order valence-corrected chi connectivity index (χ2v) is 6.15. The lowest BCUT2D eigenvalue weighted by Crippen LogP contribution is -3.04. The van der Waals surface area contributed by atoms with Gasteiger partial charge in [-0.25, -0.2) is 0 Å². The molecule has 0 radical (unpaired) electrons. The number of hydrogen-bond donors (Lipinski definition) is 3. The van der Waals surface area contributed by atoms with Gasteiger partial charge in [0.15, 0.2) is 0 Å². The number of carbonyl (C=O) groups is 1. The molecule has 0 fully saturated rings. The number of H-pyrrole nitrogens is 1. The minimum absolute atomic E-state index is 0.0805. The van der Waals surface area contributed by atoms with Gasteiger partial charge in [0.05, 0.1) is 14.1 Å². The summed E-state index contributed by atoms with van der Waals surface area (Å²) < 4.78 is 0. The molecule has 4 nitrogen and oxygen atoms in total. The highest BCUT2D eigenvalue weighted by Crippen LogP contribution is 2.14. The molecule has 1 amide bonds. The van der Waals surface area contributed by atoms with E-state index in [1.807, 2.05) is 30.3 Å². The van der Waals surface area contributed by atoms with Crippen LogP contribution in [0.3, 0.4) is 0 Å². The van der Waals surface area contributed by atoms with Crippen LogP contribution in [0.5, 0.6) is 0 Å². The third-order valence-electron chi connectivity index (χ3n) is 3.81. The molecule has 1 aromatic heterocycles. The lowest BCUT2D eigenvalue weighted by atomic mass is 10.1. The molecule has 118 valence electrons. The summed E-state index contributed by atoms with van der Waals surface area (Å²) in [6.07, 6.45) is 0. The van der Waals surface area contributed by atoms with Crippen molar-refractivity contribution in [3.8, 4) is 0 Å². The van der Waals surface area contributed by atoms with E-state index in [0.717, 1.165) is 23.0 Å². The summed E-state index contributed by atoms with van der Waals surface area (Å²) in [5, 5.41) is 4.01. The molecule has 0 unspecified atom stereocenters. The number of hydrogen-bond acceptors (Lipinski definition) is 1. The summed E-state index contributed by atoms with van der Waals surface area (Å²) in [6.45, 7) is 1.53. The predicted octanol–water partition coefficient (Wildman–Crippen LogP) is 1.74. The number of carbonyl (C=O) groups excluding carboxylic acids is 1. The van der Waals surface area contributed by atoms with Gasteiger partial charge in [-0.3, -0.25) is 4.79 Å². The zero-order chi connectivity index (χ0) is 16.2. The molecule has 3 aromatic rings. The molecule has 1 heterocycles. The van der Waals surface area contributed by atoms with Crippen molar-refractivity contribution in [1.29, 1.82) is 0 Å². The Balaban J connectivity index is 1.62. The third-order valence-corrected chi connectivity index (χ3v) is 3.81. The highest BCUT2D eigenvalue weighted by Gasteiger charge is 2.09. The van der Waals surface area contributed by atoms with Gasteiger partial charge in [0, 0.05) is 23.0 Å². The Morgan fingerprint density at radius 2 is 1.74 bits per heavy atom. The molecule has 0 saturated carbocycles. The van der Waals surface area contributed by atoms with Crippen molar-refractivity contribution in [3.63, 3.8) is 0 Å². The van der Waals surface area contributed by atoms with E-state index in [-0.39, 0.29) is 5.91 Å². The van der Waals surface area contributed by atoms with Gasteiger partial charge in [0.25, 0.3) is 5.91 Å². The first kappa shape index (κ1) is 15.3. The minimum atomic E-state index is -0.0805. The first-order chi connectivity index (χ1) is 11.1. The van der Waals surface area contributed by atoms with Crippen LogP contribution in [0.25, 0.3) is 10.9 Å². The summed E-state index contributed by atoms with van der Waals surface area (Å²) in [5.41, 5.74) is 3.98. The molecular weight excluding hydrogens is 286 g/mol.